The van der Waals surface area contributed by atoms with Crippen LogP contribution in [0.2, 0.25) is 0 Å². The number of benzene rings is 1. The first-order chi connectivity index (χ1) is 21.2. The van der Waals surface area contributed by atoms with Crippen molar-refractivity contribution in [3.8, 4) is 0 Å². The number of hydrogen-bond donors (Lipinski definition) is 0. The molecule has 43 heavy (non-hydrogen) atoms. The molecule has 0 fully saturated rings. The van der Waals surface area contributed by atoms with Crippen molar-refractivity contribution < 1.29 is 23.8 Å². The Hall–Kier alpha value is -1.88. The number of carbonyl (C=O) groups excluding carboxylic acids is 2. The minimum atomic E-state index is -0.579. The van der Waals surface area contributed by atoms with Gasteiger partial charge < -0.3 is 14.2 Å². The molecular weight excluding hydrogens is 536 g/mol. The van der Waals surface area contributed by atoms with Crippen LogP contribution in [0, 0.1) is 0 Å². The molecule has 0 heterocycles. The van der Waals surface area contributed by atoms with Gasteiger partial charge >= 0.3 is 11.9 Å². The summed E-state index contributed by atoms with van der Waals surface area (Å²) in [6.07, 6.45) is 27.6. The second kappa shape index (κ2) is 30.2. The summed E-state index contributed by atoms with van der Waals surface area (Å²) < 4.78 is 17.0. The van der Waals surface area contributed by atoms with Gasteiger partial charge in [0.15, 0.2) is 6.10 Å². The maximum absolute atomic E-state index is 12.6. The lowest BCUT2D eigenvalue weighted by Crippen LogP contribution is -2.29. The highest BCUT2D eigenvalue weighted by molar-refractivity contribution is 5.70. The Morgan fingerprint density at radius 2 is 0.953 bits per heavy atom. The maximum atomic E-state index is 12.6. The van der Waals surface area contributed by atoms with E-state index >= 15 is 0 Å². The van der Waals surface area contributed by atoms with Gasteiger partial charge in [-0.15, -0.1) is 0 Å². The van der Waals surface area contributed by atoms with E-state index in [1.165, 1.54) is 116 Å². The van der Waals surface area contributed by atoms with E-state index < -0.39 is 6.10 Å². The molecule has 5 nitrogen and oxygen atoms in total. The molecule has 0 aromatic heterocycles. The summed E-state index contributed by atoms with van der Waals surface area (Å²) in [7, 11) is 0. The topological polar surface area (TPSA) is 61.8 Å². The molecule has 1 aromatic rings. The molecule has 1 rings (SSSR count). The van der Waals surface area contributed by atoms with E-state index in [0.29, 0.717) is 19.4 Å². The van der Waals surface area contributed by atoms with Gasteiger partial charge in [-0.2, -0.15) is 0 Å². The van der Waals surface area contributed by atoms with Crippen molar-refractivity contribution in [1.82, 2.24) is 0 Å². The molecule has 0 unspecified atom stereocenters. The first kappa shape index (κ1) is 39.1. The molecule has 5 heteroatoms. The fourth-order valence-electron chi connectivity index (χ4n) is 5.37. The van der Waals surface area contributed by atoms with Crippen molar-refractivity contribution in [3.63, 3.8) is 0 Å². The Kier molecular flexibility index (Phi) is 27.5. The number of unbranched alkanes of at least 4 members (excludes halogenated alkanes) is 20. The fraction of sp³-hybridized carbons (Fsp3) is 0.789. The predicted molar refractivity (Wildman–Crippen MR) is 179 cm³/mol. The third-order valence-electron chi connectivity index (χ3n) is 8.11. The van der Waals surface area contributed by atoms with Crippen molar-refractivity contribution in [1.29, 1.82) is 0 Å². The Bertz CT molecular complexity index is 750. The number of ether oxygens (including phenoxy) is 3. The van der Waals surface area contributed by atoms with Crippen molar-refractivity contribution in [3.05, 3.63) is 35.9 Å². The summed E-state index contributed by atoms with van der Waals surface area (Å²) in [5.41, 5.74) is 1.06. The highest BCUT2D eigenvalue weighted by atomic mass is 16.6. The van der Waals surface area contributed by atoms with Gasteiger partial charge in [-0.25, -0.2) is 0 Å². The van der Waals surface area contributed by atoms with E-state index in [-0.39, 0.29) is 25.2 Å². The zero-order chi connectivity index (χ0) is 31.1. The minimum absolute atomic E-state index is 0.0512. The van der Waals surface area contributed by atoms with Crippen molar-refractivity contribution in [2.75, 3.05) is 13.2 Å². The van der Waals surface area contributed by atoms with Gasteiger partial charge in [0.2, 0.25) is 0 Å². The lowest BCUT2D eigenvalue weighted by Gasteiger charge is -2.18. The lowest BCUT2D eigenvalue weighted by atomic mass is 10.1. The SMILES string of the molecule is CCCCCCCCCCCCCC(=O)OC[C@@H](COCc1ccccc1)OC(=O)CCCCCCCCCCCCC. The first-order valence-corrected chi connectivity index (χ1v) is 18.1. The van der Waals surface area contributed by atoms with Gasteiger partial charge in [0, 0.05) is 12.8 Å². The second-order valence-electron chi connectivity index (χ2n) is 12.4. The van der Waals surface area contributed by atoms with Crippen LogP contribution >= 0.6 is 0 Å². The van der Waals surface area contributed by atoms with Crippen LogP contribution in [0.1, 0.15) is 174 Å². The summed E-state index contributed by atoms with van der Waals surface area (Å²) in [5, 5.41) is 0. The third kappa shape index (κ3) is 26.3. The highest BCUT2D eigenvalue weighted by Crippen LogP contribution is 2.14. The highest BCUT2D eigenvalue weighted by Gasteiger charge is 2.17. The summed E-state index contributed by atoms with van der Waals surface area (Å²) in [4.78, 5) is 24.9. The quantitative estimate of drug-likeness (QED) is 0.0625. The van der Waals surface area contributed by atoms with Crippen LogP contribution in [0.25, 0.3) is 0 Å². The van der Waals surface area contributed by atoms with Crippen LogP contribution in [0.5, 0.6) is 0 Å². The zero-order valence-electron chi connectivity index (χ0n) is 28.1. The van der Waals surface area contributed by atoms with Crippen molar-refractivity contribution in [2.24, 2.45) is 0 Å². The second-order valence-corrected chi connectivity index (χ2v) is 12.4. The molecular formula is C38H66O5. The van der Waals surface area contributed by atoms with Gasteiger partial charge in [-0.05, 0) is 18.4 Å². The number of hydrogen-bond acceptors (Lipinski definition) is 5. The molecule has 0 bridgehead atoms. The Morgan fingerprint density at radius 3 is 1.42 bits per heavy atom. The molecule has 0 aliphatic carbocycles. The Labute approximate surface area is 265 Å². The van der Waals surface area contributed by atoms with Crippen LogP contribution in [0.4, 0.5) is 0 Å². The van der Waals surface area contributed by atoms with Gasteiger partial charge in [-0.1, -0.05) is 173 Å². The first-order valence-electron chi connectivity index (χ1n) is 18.1. The van der Waals surface area contributed by atoms with Gasteiger partial charge in [0.05, 0.1) is 13.2 Å². The molecule has 0 amide bonds. The molecule has 0 saturated heterocycles. The molecule has 0 aliphatic heterocycles. The van der Waals surface area contributed by atoms with Crippen LogP contribution in [0.15, 0.2) is 30.3 Å². The van der Waals surface area contributed by atoms with Gasteiger partial charge in [0.1, 0.15) is 6.61 Å². The molecule has 1 atom stereocenters. The van der Waals surface area contributed by atoms with Gasteiger partial charge in [-0.3, -0.25) is 9.59 Å². The largest absolute Gasteiger partial charge is 0.462 e. The fourth-order valence-corrected chi connectivity index (χ4v) is 5.37. The van der Waals surface area contributed by atoms with Crippen molar-refractivity contribution >= 4 is 11.9 Å². The minimum Gasteiger partial charge on any atom is -0.462 e. The van der Waals surface area contributed by atoms with Crippen LogP contribution in [-0.4, -0.2) is 31.3 Å². The summed E-state index contributed by atoms with van der Waals surface area (Å²) in [5.74, 6) is -0.448. The average molecular weight is 603 g/mol. The maximum Gasteiger partial charge on any atom is 0.306 e. The molecule has 0 radical (unpaired) electrons. The molecule has 1 aromatic carbocycles. The molecule has 0 aliphatic rings. The van der Waals surface area contributed by atoms with Crippen LogP contribution < -0.4 is 0 Å². The molecule has 248 valence electrons. The van der Waals surface area contributed by atoms with E-state index in [1.807, 2.05) is 30.3 Å². The number of rotatable bonds is 31. The van der Waals surface area contributed by atoms with E-state index in [9.17, 15) is 9.59 Å². The Balaban J connectivity index is 2.22. The summed E-state index contributed by atoms with van der Waals surface area (Å²) >= 11 is 0. The number of esters is 2. The summed E-state index contributed by atoms with van der Waals surface area (Å²) in [6.45, 7) is 5.21. The lowest BCUT2D eigenvalue weighted by molar-refractivity contribution is -0.163. The third-order valence-corrected chi connectivity index (χ3v) is 8.11. The Morgan fingerprint density at radius 1 is 0.535 bits per heavy atom. The average Bonchev–Trinajstić information content (AvgIpc) is 3.01. The van der Waals surface area contributed by atoms with Crippen LogP contribution in [0.3, 0.4) is 0 Å². The van der Waals surface area contributed by atoms with Gasteiger partial charge in [0.25, 0.3) is 0 Å². The van der Waals surface area contributed by atoms with E-state index in [4.69, 9.17) is 14.2 Å². The van der Waals surface area contributed by atoms with E-state index in [1.54, 1.807) is 0 Å². The standard InChI is InChI=1S/C38H66O5/c1-3-5-7-9-11-13-15-17-19-21-26-30-37(39)42-34-36(33-41-32-35-28-24-23-25-29-35)43-38(40)31-27-22-20-18-16-14-12-10-8-6-4-2/h23-25,28-29,36H,3-22,26-27,30-34H2,1-2H3/t36-/m1/s1. The molecule has 0 saturated carbocycles. The normalized spacial score (nSPS) is 11.9. The molecule has 0 N–H and O–H groups in total. The zero-order valence-corrected chi connectivity index (χ0v) is 28.1. The number of carbonyl (C=O) groups is 2. The monoisotopic (exact) mass is 602 g/mol. The van der Waals surface area contributed by atoms with Crippen molar-refractivity contribution in [2.45, 2.75) is 181 Å². The molecule has 0 spiro atoms. The van der Waals surface area contributed by atoms with Crippen LogP contribution in [-0.2, 0) is 30.4 Å². The summed E-state index contributed by atoms with van der Waals surface area (Å²) in [6, 6.07) is 9.92. The smallest absolute Gasteiger partial charge is 0.306 e. The predicted octanol–water partition coefficient (Wildman–Crippen LogP) is 11.1. The van der Waals surface area contributed by atoms with E-state index in [2.05, 4.69) is 13.8 Å². The van der Waals surface area contributed by atoms with E-state index in [0.717, 1.165) is 31.2 Å².